The van der Waals surface area contributed by atoms with Gasteiger partial charge >= 0.3 is 5.69 Å². The van der Waals surface area contributed by atoms with Crippen molar-refractivity contribution in [2.75, 3.05) is 5.32 Å². The molecule has 146 valence electrons. The minimum atomic E-state index is -0.730. The molecular formula is C18H19ClN6O3. The number of aromatic nitrogens is 4. The number of nitrogens with zero attached hydrogens (tertiary/aromatic N) is 5. The largest absolute Gasteiger partial charge is 0.309 e. The predicted octanol–water partition coefficient (Wildman–Crippen LogP) is 3.51. The molecule has 1 N–H and O–H groups in total. The fourth-order valence-corrected chi connectivity index (χ4v) is 3.08. The van der Waals surface area contributed by atoms with Crippen LogP contribution in [0.2, 0.25) is 5.02 Å². The number of nitrogens with one attached hydrogen (secondary N) is 1. The summed E-state index contributed by atoms with van der Waals surface area (Å²) in [5, 5.41) is 22.7. The molecule has 1 aromatic carbocycles. The van der Waals surface area contributed by atoms with Gasteiger partial charge in [-0.1, -0.05) is 23.7 Å². The Labute approximate surface area is 166 Å². The highest BCUT2D eigenvalue weighted by Crippen LogP contribution is 2.21. The summed E-state index contributed by atoms with van der Waals surface area (Å²) in [5.74, 6) is 0.0317. The third-order valence-corrected chi connectivity index (χ3v) is 4.65. The highest BCUT2D eigenvalue weighted by atomic mass is 35.5. The number of amides is 1. The molecule has 10 heteroatoms. The molecule has 2 heterocycles. The van der Waals surface area contributed by atoms with E-state index in [9.17, 15) is 14.9 Å². The maximum atomic E-state index is 12.6. The van der Waals surface area contributed by atoms with Gasteiger partial charge in [0.15, 0.2) is 5.82 Å². The fourth-order valence-electron chi connectivity index (χ4n) is 2.87. The second-order valence-corrected chi connectivity index (χ2v) is 6.88. The van der Waals surface area contributed by atoms with Crippen LogP contribution >= 0.6 is 11.6 Å². The normalized spacial score (nSPS) is 12.0. The van der Waals surface area contributed by atoms with Crippen molar-refractivity contribution in [2.24, 2.45) is 0 Å². The summed E-state index contributed by atoms with van der Waals surface area (Å²) < 4.78 is 3.08. The molecule has 0 aliphatic heterocycles. The highest BCUT2D eigenvalue weighted by Gasteiger charge is 2.24. The molecule has 1 unspecified atom stereocenters. The first-order valence-electron chi connectivity index (χ1n) is 8.54. The van der Waals surface area contributed by atoms with Crippen molar-refractivity contribution in [2.45, 2.75) is 33.4 Å². The number of aryl methyl sites for hydroxylation is 1. The van der Waals surface area contributed by atoms with Crippen LogP contribution in [-0.2, 0) is 11.3 Å². The molecule has 1 amide bonds. The van der Waals surface area contributed by atoms with Crippen LogP contribution in [-0.4, -0.2) is 30.4 Å². The van der Waals surface area contributed by atoms with Crippen LogP contribution in [0.15, 0.2) is 36.5 Å². The molecule has 1 atom stereocenters. The first-order valence-corrected chi connectivity index (χ1v) is 8.92. The van der Waals surface area contributed by atoms with Crippen molar-refractivity contribution in [3.8, 4) is 0 Å². The molecule has 3 aromatic rings. The van der Waals surface area contributed by atoms with Gasteiger partial charge in [-0.15, -0.1) is 0 Å². The summed E-state index contributed by atoms with van der Waals surface area (Å²) in [5.41, 5.74) is 2.05. The lowest BCUT2D eigenvalue weighted by molar-refractivity contribution is -0.385. The molecular weight excluding hydrogens is 384 g/mol. The summed E-state index contributed by atoms with van der Waals surface area (Å²) >= 11 is 6.01. The molecule has 28 heavy (non-hydrogen) atoms. The number of halogens is 1. The smallest absolute Gasteiger partial charge is 0.307 e. The predicted molar refractivity (Wildman–Crippen MR) is 104 cm³/mol. The second kappa shape index (κ2) is 7.81. The number of nitro groups is 1. The number of rotatable bonds is 6. The van der Waals surface area contributed by atoms with E-state index in [-0.39, 0.29) is 11.6 Å². The van der Waals surface area contributed by atoms with Crippen molar-refractivity contribution in [1.29, 1.82) is 0 Å². The number of carbonyl (C=O) groups excluding carboxylic acids is 1. The van der Waals surface area contributed by atoms with E-state index < -0.39 is 11.0 Å². The molecule has 2 aromatic heterocycles. The van der Waals surface area contributed by atoms with Gasteiger partial charge in [0, 0.05) is 16.8 Å². The Bertz CT molecular complexity index is 1040. The van der Waals surface area contributed by atoms with Crippen LogP contribution in [0.5, 0.6) is 0 Å². The summed E-state index contributed by atoms with van der Waals surface area (Å²) in [7, 11) is 0. The molecule has 0 aliphatic rings. The van der Waals surface area contributed by atoms with Crippen LogP contribution in [0.1, 0.15) is 29.9 Å². The lowest BCUT2D eigenvalue weighted by atomic mass is 10.2. The summed E-state index contributed by atoms with van der Waals surface area (Å²) in [6.07, 6.45) is 1.14. The zero-order valence-electron chi connectivity index (χ0n) is 15.6. The number of carbonyl (C=O) groups is 1. The molecule has 0 radical (unpaired) electrons. The molecule has 0 fully saturated rings. The van der Waals surface area contributed by atoms with E-state index in [4.69, 9.17) is 11.6 Å². The first-order chi connectivity index (χ1) is 13.3. The van der Waals surface area contributed by atoms with Gasteiger partial charge in [0.25, 0.3) is 0 Å². The van der Waals surface area contributed by atoms with E-state index in [2.05, 4.69) is 15.5 Å². The summed E-state index contributed by atoms with van der Waals surface area (Å²) in [4.78, 5) is 23.0. The maximum absolute atomic E-state index is 12.6. The average Bonchev–Trinajstić information content (AvgIpc) is 3.17. The Morgan fingerprint density at radius 3 is 2.75 bits per heavy atom. The van der Waals surface area contributed by atoms with Gasteiger partial charge in [0.1, 0.15) is 17.9 Å². The third-order valence-electron chi connectivity index (χ3n) is 4.42. The Morgan fingerprint density at radius 1 is 1.36 bits per heavy atom. The monoisotopic (exact) mass is 402 g/mol. The zero-order chi connectivity index (χ0) is 20.4. The average molecular weight is 403 g/mol. The number of anilines is 1. The summed E-state index contributed by atoms with van der Waals surface area (Å²) in [6.45, 7) is 5.58. The van der Waals surface area contributed by atoms with Crippen molar-refractivity contribution in [3.63, 3.8) is 0 Å². The van der Waals surface area contributed by atoms with Crippen molar-refractivity contribution >= 4 is 29.0 Å². The molecule has 9 nitrogen and oxygen atoms in total. The van der Waals surface area contributed by atoms with Crippen molar-refractivity contribution in [3.05, 3.63) is 68.6 Å². The van der Waals surface area contributed by atoms with Gasteiger partial charge in [-0.2, -0.15) is 10.2 Å². The van der Waals surface area contributed by atoms with Gasteiger partial charge in [-0.3, -0.25) is 24.3 Å². The maximum Gasteiger partial charge on any atom is 0.309 e. The minimum Gasteiger partial charge on any atom is -0.307 e. The Morgan fingerprint density at radius 2 is 2.11 bits per heavy atom. The van der Waals surface area contributed by atoms with Crippen molar-refractivity contribution in [1.82, 2.24) is 19.6 Å². The fraction of sp³-hybridized carbons (Fsp3) is 0.278. The summed E-state index contributed by atoms with van der Waals surface area (Å²) in [6, 6.07) is 8.50. The Kier molecular flexibility index (Phi) is 5.46. The molecule has 0 aliphatic carbocycles. The highest BCUT2D eigenvalue weighted by molar-refractivity contribution is 6.30. The number of hydrogen-bond acceptors (Lipinski definition) is 5. The van der Waals surface area contributed by atoms with E-state index in [0.29, 0.717) is 23.1 Å². The molecule has 0 saturated carbocycles. The molecule has 0 spiro atoms. The lowest BCUT2D eigenvalue weighted by Gasteiger charge is -2.12. The van der Waals surface area contributed by atoms with Gasteiger partial charge in [-0.05, 0) is 38.5 Å². The van der Waals surface area contributed by atoms with E-state index in [1.807, 2.05) is 25.1 Å². The SMILES string of the molecule is Cc1cc(NC(=O)C(C)n2ncc([N+](=O)[O-])c2C)nn1Cc1cccc(Cl)c1. The number of hydrogen-bond donors (Lipinski definition) is 1. The van der Waals surface area contributed by atoms with Crippen LogP contribution in [0.25, 0.3) is 0 Å². The topological polar surface area (TPSA) is 108 Å². The van der Waals surface area contributed by atoms with E-state index >= 15 is 0 Å². The van der Waals surface area contributed by atoms with Gasteiger partial charge in [0.2, 0.25) is 5.91 Å². The molecule has 0 bridgehead atoms. The van der Waals surface area contributed by atoms with Crippen LogP contribution < -0.4 is 5.32 Å². The quantitative estimate of drug-likeness (QED) is 0.501. The lowest BCUT2D eigenvalue weighted by Crippen LogP contribution is -2.25. The van der Waals surface area contributed by atoms with Crippen molar-refractivity contribution < 1.29 is 9.72 Å². The molecule has 0 saturated heterocycles. The van der Waals surface area contributed by atoms with Crippen LogP contribution in [0.3, 0.4) is 0 Å². The zero-order valence-corrected chi connectivity index (χ0v) is 16.3. The van der Waals surface area contributed by atoms with Crippen LogP contribution in [0.4, 0.5) is 11.5 Å². The minimum absolute atomic E-state index is 0.124. The van der Waals surface area contributed by atoms with E-state index in [1.165, 1.54) is 4.68 Å². The standard InChI is InChI=1S/C18H19ClN6O3/c1-11-7-17(22-23(11)10-14-5-4-6-15(19)8-14)21-18(26)13(3)24-12(2)16(9-20-24)25(27)28/h4-9,13H,10H2,1-3H3,(H,21,22,26). The van der Waals surface area contributed by atoms with Crippen LogP contribution in [0, 0.1) is 24.0 Å². The van der Waals surface area contributed by atoms with E-state index in [0.717, 1.165) is 17.5 Å². The van der Waals surface area contributed by atoms with Gasteiger partial charge in [0.05, 0.1) is 11.5 Å². The molecule has 3 rings (SSSR count). The first kappa shape index (κ1) is 19.6. The second-order valence-electron chi connectivity index (χ2n) is 6.44. The Hall–Kier alpha value is -3.20. The van der Waals surface area contributed by atoms with Gasteiger partial charge < -0.3 is 5.32 Å². The van der Waals surface area contributed by atoms with Gasteiger partial charge in [-0.25, -0.2) is 0 Å². The number of benzene rings is 1. The Balaban J connectivity index is 1.73. The third kappa shape index (κ3) is 4.04. The van der Waals surface area contributed by atoms with E-state index in [1.54, 1.807) is 30.7 Å².